The smallest absolute Gasteiger partial charge is 0.262 e. The van der Waals surface area contributed by atoms with Gasteiger partial charge in [-0.3, -0.25) is 19.0 Å². The van der Waals surface area contributed by atoms with Crippen LogP contribution in [0, 0.1) is 0 Å². The molecule has 3 aliphatic rings. The van der Waals surface area contributed by atoms with E-state index < -0.39 is 5.25 Å². The van der Waals surface area contributed by atoms with Crippen LogP contribution >= 0.6 is 11.8 Å². The highest BCUT2D eigenvalue weighted by atomic mass is 32.2. The molecule has 1 N–H and O–H groups in total. The SMILES string of the molecule is CC[C@H](Sc1nc2cc3c(cc2c(=O)n1CCC(=O)N1CCN(c2ccccc2)CC1)OCO3)C(=O)Nc1ccc2c(c1)OCO2. The number of carbonyl (C=O) groups excluding carboxylic acids is 2. The third kappa shape index (κ3) is 6.02. The first-order chi connectivity index (χ1) is 22.5. The van der Waals surface area contributed by atoms with Gasteiger partial charge in [-0.1, -0.05) is 36.9 Å². The van der Waals surface area contributed by atoms with Crippen LogP contribution in [0.3, 0.4) is 0 Å². The number of aromatic nitrogens is 2. The third-order valence-corrected chi connectivity index (χ3v) is 9.62. The molecule has 12 nitrogen and oxygen atoms in total. The Morgan fingerprint density at radius 2 is 1.59 bits per heavy atom. The minimum absolute atomic E-state index is 0.0334. The minimum atomic E-state index is -0.572. The molecule has 0 bridgehead atoms. The van der Waals surface area contributed by atoms with Crippen molar-refractivity contribution in [3.05, 3.63) is 71.0 Å². The van der Waals surface area contributed by atoms with E-state index in [1.165, 1.54) is 16.3 Å². The maximum atomic E-state index is 13.9. The van der Waals surface area contributed by atoms with E-state index in [0.717, 1.165) is 18.8 Å². The number of carbonyl (C=O) groups is 2. The van der Waals surface area contributed by atoms with Gasteiger partial charge in [0, 0.05) is 62.7 Å². The van der Waals surface area contributed by atoms with E-state index in [1.807, 2.05) is 30.0 Å². The molecule has 0 saturated carbocycles. The van der Waals surface area contributed by atoms with Crippen LogP contribution in [0.25, 0.3) is 10.9 Å². The lowest BCUT2D eigenvalue weighted by Gasteiger charge is -2.36. The zero-order valence-corrected chi connectivity index (χ0v) is 26.1. The zero-order valence-electron chi connectivity index (χ0n) is 25.3. The molecule has 0 radical (unpaired) electrons. The molecule has 4 heterocycles. The largest absolute Gasteiger partial charge is 0.454 e. The summed E-state index contributed by atoms with van der Waals surface area (Å²) in [6.07, 6.45) is 0.595. The van der Waals surface area contributed by atoms with Gasteiger partial charge >= 0.3 is 0 Å². The summed E-state index contributed by atoms with van der Waals surface area (Å²) in [4.78, 5) is 49.7. The van der Waals surface area contributed by atoms with Crippen LogP contribution < -0.4 is 34.7 Å². The number of nitrogens with one attached hydrogen (secondary N) is 1. The maximum Gasteiger partial charge on any atom is 0.262 e. The Kier molecular flexibility index (Phi) is 8.31. The lowest BCUT2D eigenvalue weighted by molar-refractivity contribution is -0.131. The summed E-state index contributed by atoms with van der Waals surface area (Å²) in [7, 11) is 0. The van der Waals surface area contributed by atoms with E-state index >= 15 is 0 Å². The second-order valence-electron chi connectivity index (χ2n) is 11.1. The molecular formula is C33H33N5O7S. The van der Waals surface area contributed by atoms with Gasteiger partial charge in [-0.2, -0.15) is 0 Å². The van der Waals surface area contributed by atoms with Crippen LogP contribution in [0.5, 0.6) is 23.0 Å². The van der Waals surface area contributed by atoms with Crippen LogP contribution in [0.2, 0.25) is 0 Å². The fourth-order valence-corrected chi connectivity index (χ4v) is 6.78. The lowest BCUT2D eigenvalue weighted by atomic mass is 10.2. The van der Waals surface area contributed by atoms with E-state index in [9.17, 15) is 14.4 Å². The van der Waals surface area contributed by atoms with Gasteiger partial charge in [-0.25, -0.2) is 4.98 Å². The summed E-state index contributed by atoms with van der Waals surface area (Å²) < 4.78 is 23.3. The number of rotatable bonds is 9. The number of anilines is 2. The number of piperazine rings is 1. The number of para-hydroxylation sites is 1. The molecule has 46 heavy (non-hydrogen) atoms. The van der Waals surface area contributed by atoms with E-state index in [0.29, 0.717) is 64.3 Å². The van der Waals surface area contributed by atoms with Gasteiger partial charge in [0.2, 0.25) is 25.4 Å². The van der Waals surface area contributed by atoms with Gasteiger partial charge in [0.1, 0.15) is 0 Å². The number of hydrogen-bond acceptors (Lipinski definition) is 10. The molecule has 0 spiro atoms. The van der Waals surface area contributed by atoms with Gasteiger partial charge in [-0.05, 0) is 36.8 Å². The van der Waals surface area contributed by atoms with Crippen molar-refractivity contribution in [3.8, 4) is 23.0 Å². The highest BCUT2D eigenvalue weighted by Gasteiger charge is 2.26. The number of nitrogens with zero attached hydrogens (tertiary/aromatic N) is 4. The summed E-state index contributed by atoms with van der Waals surface area (Å²) in [6.45, 7) is 4.89. The molecule has 3 aliphatic heterocycles. The molecular weight excluding hydrogens is 610 g/mol. The second-order valence-corrected chi connectivity index (χ2v) is 12.3. The number of fused-ring (bicyclic) bond motifs is 3. The third-order valence-electron chi connectivity index (χ3n) is 8.27. The van der Waals surface area contributed by atoms with E-state index in [4.69, 9.17) is 23.9 Å². The number of amides is 2. The summed E-state index contributed by atoms with van der Waals surface area (Å²) in [5.41, 5.74) is 1.84. The molecule has 1 fully saturated rings. The van der Waals surface area contributed by atoms with Gasteiger partial charge in [0.05, 0.1) is 16.2 Å². The van der Waals surface area contributed by atoms with Crippen LogP contribution in [0.15, 0.2) is 70.6 Å². The summed E-state index contributed by atoms with van der Waals surface area (Å²) in [5.74, 6) is 1.88. The highest BCUT2D eigenvalue weighted by Crippen LogP contribution is 2.37. The molecule has 4 aromatic rings. The number of hydrogen-bond donors (Lipinski definition) is 1. The van der Waals surface area contributed by atoms with E-state index in [-0.39, 0.29) is 43.9 Å². The summed E-state index contributed by atoms with van der Waals surface area (Å²) in [5, 5.41) is 3.08. The standard InChI is InChI=1S/C33H33N5O7S/c1-2-29(31(40)34-21-8-9-25-26(16-21)43-19-42-25)46-33-35-24-18-28-27(44-20-45-28)17-23(24)32(41)38(33)11-10-30(39)37-14-12-36(13-15-37)22-6-4-3-5-7-22/h3-9,16-18,29H,2,10-15,19-20H2,1H3,(H,34,40)/t29-/m0/s1. The van der Waals surface area contributed by atoms with Crippen molar-refractivity contribution in [3.63, 3.8) is 0 Å². The highest BCUT2D eigenvalue weighted by molar-refractivity contribution is 8.00. The van der Waals surface area contributed by atoms with Crippen molar-refractivity contribution in [1.29, 1.82) is 0 Å². The number of ether oxygens (including phenoxy) is 4. The molecule has 1 aromatic heterocycles. The van der Waals surface area contributed by atoms with Crippen LogP contribution in [0.4, 0.5) is 11.4 Å². The van der Waals surface area contributed by atoms with Crippen molar-refractivity contribution < 1.29 is 28.5 Å². The fourth-order valence-electron chi connectivity index (χ4n) is 5.74. The van der Waals surface area contributed by atoms with Crippen molar-refractivity contribution in [1.82, 2.24) is 14.5 Å². The Morgan fingerprint density at radius 1 is 0.891 bits per heavy atom. The molecule has 2 amide bonds. The quantitative estimate of drug-likeness (QED) is 0.211. The van der Waals surface area contributed by atoms with Crippen LogP contribution in [0.1, 0.15) is 19.8 Å². The molecule has 0 aliphatic carbocycles. The Morgan fingerprint density at radius 3 is 2.33 bits per heavy atom. The maximum absolute atomic E-state index is 13.9. The first-order valence-electron chi connectivity index (χ1n) is 15.3. The lowest BCUT2D eigenvalue weighted by Crippen LogP contribution is -2.49. The predicted octanol–water partition coefficient (Wildman–Crippen LogP) is 4.10. The molecule has 7 rings (SSSR count). The normalized spacial score (nSPS) is 15.7. The average Bonchev–Trinajstić information content (AvgIpc) is 3.75. The van der Waals surface area contributed by atoms with Gasteiger partial charge < -0.3 is 34.1 Å². The second kappa shape index (κ2) is 12.8. The average molecular weight is 644 g/mol. The molecule has 1 saturated heterocycles. The Hall–Kier alpha value is -4.91. The predicted molar refractivity (Wildman–Crippen MR) is 173 cm³/mol. The zero-order chi connectivity index (χ0) is 31.6. The first-order valence-corrected chi connectivity index (χ1v) is 16.1. The molecule has 238 valence electrons. The number of thioether (sulfide) groups is 1. The van der Waals surface area contributed by atoms with E-state index in [2.05, 4.69) is 22.3 Å². The fraction of sp³-hybridized carbons (Fsp3) is 0.333. The van der Waals surface area contributed by atoms with Gasteiger partial charge in [-0.15, -0.1) is 0 Å². The van der Waals surface area contributed by atoms with Gasteiger partial charge in [0.25, 0.3) is 5.56 Å². The van der Waals surface area contributed by atoms with Gasteiger partial charge in [0.15, 0.2) is 28.2 Å². The molecule has 3 aromatic carbocycles. The monoisotopic (exact) mass is 643 g/mol. The molecule has 1 atom stereocenters. The Labute approximate surface area is 269 Å². The van der Waals surface area contributed by atoms with Crippen molar-refractivity contribution in [2.75, 3.05) is 50.0 Å². The topological polar surface area (TPSA) is 124 Å². The van der Waals surface area contributed by atoms with Crippen molar-refractivity contribution >= 4 is 45.9 Å². The molecule has 0 unspecified atom stereocenters. The molecule has 13 heteroatoms. The first kappa shape index (κ1) is 29.8. The van der Waals surface area contributed by atoms with Crippen LogP contribution in [-0.2, 0) is 16.1 Å². The summed E-state index contributed by atoms with van der Waals surface area (Å²) >= 11 is 1.20. The van der Waals surface area contributed by atoms with Crippen molar-refractivity contribution in [2.45, 2.75) is 36.7 Å². The van der Waals surface area contributed by atoms with Crippen LogP contribution in [-0.4, -0.2) is 71.3 Å². The summed E-state index contributed by atoms with van der Waals surface area (Å²) in [6, 6.07) is 18.7. The Balaban J connectivity index is 1.10. The minimum Gasteiger partial charge on any atom is -0.454 e. The Bertz CT molecular complexity index is 1840. The van der Waals surface area contributed by atoms with Crippen molar-refractivity contribution in [2.24, 2.45) is 0 Å². The van der Waals surface area contributed by atoms with E-state index in [1.54, 1.807) is 30.3 Å². The number of benzene rings is 3.